The van der Waals surface area contributed by atoms with Crippen LogP contribution in [0.4, 0.5) is 14.5 Å². The lowest BCUT2D eigenvalue weighted by molar-refractivity contribution is 0.0990. The molecule has 0 aliphatic rings. The largest absolute Gasteiger partial charge is 0.398 e. The molecule has 0 saturated heterocycles. The Kier molecular flexibility index (Phi) is 4.55. The van der Waals surface area contributed by atoms with E-state index in [4.69, 9.17) is 5.73 Å². The fourth-order valence-electron chi connectivity index (χ4n) is 1.69. The van der Waals surface area contributed by atoms with Crippen LogP contribution in [0.25, 0.3) is 0 Å². The van der Waals surface area contributed by atoms with Gasteiger partial charge >= 0.3 is 0 Å². The molecule has 104 valence electrons. The average molecular weight is 405 g/mol. The molecule has 2 aromatic carbocycles. The number of hydrogen-bond acceptors (Lipinski definition) is 2. The number of benzene rings is 2. The van der Waals surface area contributed by atoms with Crippen molar-refractivity contribution in [2.75, 3.05) is 5.73 Å². The van der Waals surface area contributed by atoms with Gasteiger partial charge < -0.3 is 5.73 Å². The second kappa shape index (κ2) is 6.01. The number of Topliss-reactive ketones (excluding diaryl/α,β-unsaturated/α-hetero) is 1. The predicted octanol–water partition coefficient (Wildman–Crippen LogP) is 4.50. The minimum atomic E-state index is -0.757. The zero-order chi connectivity index (χ0) is 14.9. The molecule has 0 saturated carbocycles. The Labute approximate surface area is 131 Å². The van der Waals surface area contributed by atoms with Gasteiger partial charge in [0.2, 0.25) is 0 Å². The Morgan fingerprint density at radius 1 is 1.10 bits per heavy atom. The smallest absolute Gasteiger partial charge is 0.167 e. The van der Waals surface area contributed by atoms with Crippen LogP contribution in [0.5, 0.6) is 0 Å². The maximum absolute atomic E-state index is 13.8. The van der Waals surface area contributed by atoms with E-state index in [0.29, 0.717) is 15.7 Å². The van der Waals surface area contributed by atoms with Crippen molar-refractivity contribution >= 4 is 43.3 Å². The van der Waals surface area contributed by atoms with Gasteiger partial charge in [0.15, 0.2) is 5.78 Å². The molecule has 0 aromatic heterocycles. The highest BCUT2D eigenvalue weighted by molar-refractivity contribution is 9.10. The van der Waals surface area contributed by atoms with Gasteiger partial charge in [0.25, 0.3) is 0 Å². The molecule has 2 N–H and O–H groups in total. The van der Waals surface area contributed by atoms with Gasteiger partial charge in [0.1, 0.15) is 11.6 Å². The molecule has 6 heteroatoms. The van der Waals surface area contributed by atoms with Gasteiger partial charge in [-0.25, -0.2) is 8.78 Å². The number of carbonyl (C=O) groups is 1. The first-order chi connectivity index (χ1) is 9.40. The SMILES string of the molecule is Nc1ccc(C(=O)Cc2c(F)ccc(Br)c2F)cc1Br. The lowest BCUT2D eigenvalue weighted by atomic mass is 10.0. The molecule has 0 heterocycles. The lowest BCUT2D eigenvalue weighted by Gasteiger charge is -2.07. The molecule has 0 spiro atoms. The summed E-state index contributed by atoms with van der Waals surface area (Å²) in [5.74, 6) is -1.89. The van der Waals surface area contributed by atoms with Crippen LogP contribution < -0.4 is 5.73 Å². The first-order valence-corrected chi connectivity index (χ1v) is 7.19. The van der Waals surface area contributed by atoms with Crippen LogP contribution in [-0.4, -0.2) is 5.78 Å². The molecule has 0 aliphatic heterocycles. The molecule has 0 unspecified atom stereocenters. The molecule has 2 nitrogen and oxygen atoms in total. The van der Waals surface area contributed by atoms with Crippen molar-refractivity contribution in [1.29, 1.82) is 0 Å². The van der Waals surface area contributed by atoms with E-state index in [9.17, 15) is 13.6 Å². The van der Waals surface area contributed by atoms with Crippen LogP contribution in [0.15, 0.2) is 39.3 Å². The summed E-state index contributed by atoms with van der Waals surface area (Å²) in [6.07, 6.45) is -0.354. The summed E-state index contributed by atoms with van der Waals surface area (Å²) < 4.78 is 28.1. The second-order valence-electron chi connectivity index (χ2n) is 4.16. The normalized spacial score (nSPS) is 10.6. The lowest BCUT2D eigenvalue weighted by Crippen LogP contribution is -2.08. The number of hydrogen-bond donors (Lipinski definition) is 1. The van der Waals surface area contributed by atoms with Crippen molar-refractivity contribution in [2.45, 2.75) is 6.42 Å². The zero-order valence-corrected chi connectivity index (χ0v) is 13.3. The van der Waals surface area contributed by atoms with Crippen LogP contribution in [0.3, 0.4) is 0 Å². The molecule has 0 radical (unpaired) electrons. The third kappa shape index (κ3) is 3.07. The molecular weight excluding hydrogens is 396 g/mol. The van der Waals surface area contributed by atoms with Gasteiger partial charge in [-0.1, -0.05) is 0 Å². The third-order valence-electron chi connectivity index (χ3n) is 2.80. The van der Waals surface area contributed by atoms with E-state index in [1.807, 2.05) is 0 Å². The minimum Gasteiger partial charge on any atom is -0.398 e. The van der Waals surface area contributed by atoms with Gasteiger partial charge in [-0.05, 0) is 62.2 Å². The highest BCUT2D eigenvalue weighted by Crippen LogP contribution is 2.25. The van der Waals surface area contributed by atoms with Crippen molar-refractivity contribution < 1.29 is 13.6 Å². The monoisotopic (exact) mass is 403 g/mol. The summed E-state index contributed by atoms with van der Waals surface area (Å²) in [5, 5.41) is 0. The Balaban J connectivity index is 2.32. The summed E-state index contributed by atoms with van der Waals surface area (Å²) in [6, 6.07) is 7.00. The summed E-state index contributed by atoms with van der Waals surface area (Å²) in [5.41, 5.74) is 6.20. The molecular formula is C14H9Br2F2NO. The van der Waals surface area contributed by atoms with Crippen LogP contribution in [0.1, 0.15) is 15.9 Å². The van der Waals surface area contributed by atoms with Gasteiger partial charge in [-0.2, -0.15) is 0 Å². The van der Waals surface area contributed by atoms with E-state index in [1.165, 1.54) is 18.2 Å². The molecule has 20 heavy (non-hydrogen) atoms. The van der Waals surface area contributed by atoms with Crippen molar-refractivity contribution in [3.05, 3.63) is 62.0 Å². The van der Waals surface area contributed by atoms with E-state index in [2.05, 4.69) is 31.9 Å². The fourth-order valence-corrected chi connectivity index (χ4v) is 2.44. The first-order valence-electron chi connectivity index (χ1n) is 5.60. The molecule has 0 atom stereocenters. The summed E-state index contributed by atoms with van der Waals surface area (Å²) in [7, 11) is 0. The van der Waals surface area contributed by atoms with Gasteiger partial charge in [0, 0.05) is 27.7 Å². The molecule has 2 aromatic rings. The van der Waals surface area contributed by atoms with E-state index in [-0.39, 0.29) is 22.2 Å². The van der Waals surface area contributed by atoms with E-state index < -0.39 is 11.6 Å². The Bertz CT molecular complexity index is 689. The van der Waals surface area contributed by atoms with E-state index in [0.717, 1.165) is 6.07 Å². The number of nitrogen functional groups attached to an aromatic ring is 1. The van der Waals surface area contributed by atoms with Crippen LogP contribution in [0, 0.1) is 11.6 Å². The third-order valence-corrected chi connectivity index (χ3v) is 4.10. The predicted molar refractivity (Wildman–Crippen MR) is 80.6 cm³/mol. The highest BCUT2D eigenvalue weighted by atomic mass is 79.9. The number of carbonyl (C=O) groups excluding carboxylic acids is 1. The summed E-state index contributed by atoms with van der Waals surface area (Å²) >= 11 is 6.18. The minimum absolute atomic E-state index is 0.125. The van der Waals surface area contributed by atoms with Gasteiger partial charge in [-0.3, -0.25) is 4.79 Å². The zero-order valence-electron chi connectivity index (χ0n) is 10.1. The maximum Gasteiger partial charge on any atom is 0.167 e. The van der Waals surface area contributed by atoms with E-state index >= 15 is 0 Å². The van der Waals surface area contributed by atoms with Gasteiger partial charge in [-0.15, -0.1) is 0 Å². The fraction of sp³-hybridized carbons (Fsp3) is 0.0714. The van der Waals surface area contributed by atoms with Crippen LogP contribution in [0.2, 0.25) is 0 Å². The number of anilines is 1. The van der Waals surface area contributed by atoms with Gasteiger partial charge in [0.05, 0.1) is 4.47 Å². The Hall–Kier alpha value is -1.27. The van der Waals surface area contributed by atoms with Crippen LogP contribution in [-0.2, 0) is 6.42 Å². The molecule has 0 amide bonds. The Morgan fingerprint density at radius 2 is 1.80 bits per heavy atom. The first kappa shape index (κ1) is 15.1. The average Bonchev–Trinajstić information content (AvgIpc) is 2.42. The maximum atomic E-state index is 13.8. The topological polar surface area (TPSA) is 43.1 Å². The Morgan fingerprint density at radius 3 is 2.45 bits per heavy atom. The van der Waals surface area contributed by atoms with Crippen LogP contribution >= 0.6 is 31.9 Å². The second-order valence-corrected chi connectivity index (χ2v) is 5.87. The quantitative estimate of drug-likeness (QED) is 0.465. The van der Waals surface area contributed by atoms with Crippen molar-refractivity contribution in [3.8, 4) is 0 Å². The van der Waals surface area contributed by atoms with Crippen molar-refractivity contribution in [3.63, 3.8) is 0 Å². The van der Waals surface area contributed by atoms with Crippen molar-refractivity contribution in [2.24, 2.45) is 0 Å². The number of halogens is 4. The summed E-state index contributed by atoms with van der Waals surface area (Å²) in [4.78, 5) is 12.1. The molecule has 2 rings (SSSR count). The number of ketones is 1. The number of rotatable bonds is 3. The van der Waals surface area contributed by atoms with Crippen molar-refractivity contribution in [1.82, 2.24) is 0 Å². The highest BCUT2D eigenvalue weighted by Gasteiger charge is 2.17. The molecule has 0 aliphatic carbocycles. The molecule has 0 fully saturated rings. The van der Waals surface area contributed by atoms with E-state index in [1.54, 1.807) is 6.07 Å². The summed E-state index contributed by atoms with van der Waals surface area (Å²) in [6.45, 7) is 0. The number of nitrogens with two attached hydrogens (primary N) is 1. The molecule has 0 bridgehead atoms. The standard InChI is InChI=1S/C14H9Br2F2NO/c15-9-2-3-11(17)8(14(9)18)6-13(20)7-1-4-12(19)10(16)5-7/h1-5H,6,19H2.